The first kappa shape index (κ1) is 17.6. The second kappa shape index (κ2) is 8.74. The average molecular weight is 342 g/mol. The van der Waals surface area contributed by atoms with Crippen molar-refractivity contribution in [3.63, 3.8) is 0 Å². The van der Waals surface area contributed by atoms with Gasteiger partial charge in [0.25, 0.3) is 0 Å². The van der Waals surface area contributed by atoms with E-state index in [0.717, 1.165) is 44.0 Å². The van der Waals surface area contributed by atoms with Crippen molar-refractivity contribution in [2.45, 2.75) is 12.5 Å². The number of carbonyl (C=O) groups excluding carboxylic acids is 1. The maximum atomic E-state index is 13.0. The highest BCUT2D eigenvalue weighted by molar-refractivity contribution is 5.79. The number of rotatable bonds is 6. The Morgan fingerprint density at radius 2 is 1.76 bits per heavy atom. The first-order valence-electron chi connectivity index (χ1n) is 8.59. The lowest BCUT2D eigenvalue weighted by atomic mass is 10.1. The zero-order valence-corrected chi connectivity index (χ0v) is 14.2. The van der Waals surface area contributed by atoms with E-state index in [2.05, 4.69) is 10.2 Å². The van der Waals surface area contributed by atoms with Gasteiger partial charge in [0.2, 0.25) is 5.91 Å². The molecule has 0 aromatic heterocycles. The lowest BCUT2D eigenvalue weighted by Crippen LogP contribution is -2.43. The summed E-state index contributed by atoms with van der Waals surface area (Å²) in [6.45, 7) is 3.95. The third kappa shape index (κ3) is 5.37. The molecule has 3 rings (SSSR count). The second-order valence-electron chi connectivity index (χ2n) is 6.25. The fraction of sp³-hybridized carbons (Fsp3) is 0.350. The summed E-state index contributed by atoms with van der Waals surface area (Å²) < 4.78 is 18.4. The van der Waals surface area contributed by atoms with E-state index in [4.69, 9.17) is 4.74 Å². The third-order valence-electron chi connectivity index (χ3n) is 4.36. The minimum absolute atomic E-state index is 0.0614. The van der Waals surface area contributed by atoms with Crippen LogP contribution >= 0.6 is 0 Å². The molecule has 1 aliphatic heterocycles. The van der Waals surface area contributed by atoms with E-state index in [1.165, 1.54) is 12.1 Å². The van der Waals surface area contributed by atoms with Crippen LogP contribution in [0.1, 0.15) is 17.2 Å². The molecule has 0 radical (unpaired) electrons. The van der Waals surface area contributed by atoms with Gasteiger partial charge in [0.05, 0.1) is 25.7 Å². The molecule has 2 aromatic carbocycles. The summed E-state index contributed by atoms with van der Waals surface area (Å²) in [6.07, 6.45) is 0.243. The number of nitrogens with zero attached hydrogens (tertiary/aromatic N) is 1. The summed E-state index contributed by atoms with van der Waals surface area (Å²) in [5.74, 6) is -0.354. The number of halogens is 1. The molecule has 1 unspecified atom stereocenters. The number of nitrogens with one attached hydrogen (secondary N) is 1. The summed E-state index contributed by atoms with van der Waals surface area (Å²) in [5.41, 5.74) is 1.89. The highest BCUT2D eigenvalue weighted by atomic mass is 19.1. The number of hydrogen-bond acceptors (Lipinski definition) is 3. The zero-order valence-electron chi connectivity index (χ0n) is 14.2. The maximum Gasteiger partial charge on any atom is 0.224 e. The SMILES string of the molecule is O=C(Cc1ccc(F)cc1)NC(CN1CCOCC1)c1ccccc1. The van der Waals surface area contributed by atoms with Crippen LogP contribution in [-0.4, -0.2) is 43.7 Å². The van der Waals surface area contributed by atoms with E-state index < -0.39 is 0 Å². The average Bonchev–Trinajstić information content (AvgIpc) is 2.65. The van der Waals surface area contributed by atoms with Crippen LogP contribution in [0.2, 0.25) is 0 Å². The molecule has 25 heavy (non-hydrogen) atoms. The molecule has 132 valence electrons. The van der Waals surface area contributed by atoms with Gasteiger partial charge in [0.15, 0.2) is 0 Å². The van der Waals surface area contributed by atoms with Crippen LogP contribution in [0, 0.1) is 5.82 Å². The van der Waals surface area contributed by atoms with Crippen molar-refractivity contribution in [1.29, 1.82) is 0 Å². The second-order valence-corrected chi connectivity index (χ2v) is 6.25. The Morgan fingerprint density at radius 3 is 2.44 bits per heavy atom. The number of benzene rings is 2. The molecule has 1 heterocycles. The smallest absolute Gasteiger partial charge is 0.224 e. The molecule has 1 aliphatic rings. The van der Waals surface area contributed by atoms with Crippen LogP contribution in [-0.2, 0) is 16.0 Å². The van der Waals surface area contributed by atoms with Crippen molar-refractivity contribution < 1.29 is 13.9 Å². The van der Waals surface area contributed by atoms with Gasteiger partial charge in [-0.1, -0.05) is 42.5 Å². The number of ether oxygens (including phenoxy) is 1. The van der Waals surface area contributed by atoms with Crippen molar-refractivity contribution in [2.24, 2.45) is 0 Å². The van der Waals surface area contributed by atoms with Gasteiger partial charge in [-0.3, -0.25) is 9.69 Å². The standard InChI is InChI=1S/C20H23FN2O2/c21-18-8-6-16(7-9-18)14-20(24)22-19(17-4-2-1-3-5-17)15-23-10-12-25-13-11-23/h1-9,19H,10-15H2,(H,22,24). The predicted octanol–water partition coefficient (Wildman–Crippen LogP) is 2.56. The molecule has 2 aromatic rings. The summed E-state index contributed by atoms with van der Waals surface area (Å²) >= 11 is 0. The monoisotopic (exact) mass is 342 g/mol. The molecule has 1 atom stereocenters. The van der Waals surface area contributed by atoms with E-state index in [9.17, 15) is 9.18 Å². The van der Waals surface area contributed by atoms with Crippen molar-refractivity contribution >= 4 is 5.91 Å². The van der Waals surface area contributed by atoms with Crippen LogP contribution < -0.4 is 5.32 Å². The largest absolute Gasteiger partial charge is 0.379 e. The Kier molecular flexibility index (Phi) is 6.14. The molecule has 0 bridgehead atoms. The first-order valence-corrected chi connectivity index (χ1v) is 8.59. The van der Waals surface area contributed by atoms with Crippen molar-refractivity contribution in [3.8, 4) is 0 Å². The van der Waals surface area contributed by atoms with E-state index in [-0.39, 0.29) is 24.2 Å². The van der Waals surface area contributed by atoms with Gasteiger partial charge < -0.3 is 10.1 Å². The summed E-state index contributed by atoms with van der Waals surface area (Å²) in [4.78, 5) is 14.8. The van der Waals surface area contributed by atoms with Gasteiger partial charge in [0.1, 0.15) is 5.82 Å². The van der Waals surface area contributed by atoms with E-state index in [1.54, 1.807) is 12.1 Å². The predicted molar refractivity (Wildman–Crippen MR) is 94.7 cm³/mol. The van der Waals surface area contributed by atoms with Crippen molar-refractivity contribution in [2.75, 3.05) is 32.8 Å². The van der Waals surface area contributed by atoms with Gasteiger partial charge in [-0.2, -0.15) is 0 Å². The van der Waals surface area contributed by atoms with Crippen LogP contribution in [0.3, 0.4) is 0 Å². The van der Waals surface area contributed by atoms with Gasteiger partial charge in [-0.15, -0.1) is 0 Å². The maximum absolute atomic E-state index is 13.0. The molecular formula is C20H23FN2O2. The summed E-state index contributed by atoms with van der Waals surface area (Å²) in [7, 11) is 0. The van der Waals surface area contributed by atoms with Crippen molar-refractivity contribution in [3.05, 3.63) is 71.5 Å². The third-order valence-corrected chi connectivity index (χ3v) is 4.36. The van der Waals surface area contributed by atoms with E-state index in [0.29, 0.717) is 0 Å². The Hall–Kier alpha value is -2.24. The topological polar surface area (TPSA) is 41.6 Å². The number of amides is 1. The first-order chi connectivity index (χ1) is 12.2. The van der Waals surface area contributed by atoms with Crippen LogP contribution in [0.25, 0.3) is 0 Å². The van der Waals surface area contributed by atoms with E-state index >= 15 is 0 Å². The summed E-state index contributed by atoms with van der Waals surface area (Å²) in [5, 5.41) is 3.13. The van der Waals surface area contributed by atoms with Gasteiger partial charge >= 0.3 is 0 Å². The molecule has 0 saturated carbocycles. The minimum Gasteiger partial charge on any atom is -0.379 e. The van der Waals surface area contributed by atoms with Gasteiger partial charge in [0, 0.05) is 19.6 Å². The Bertz CT molecular complexity index is 670. The van der Waals surface area contributed by atoms with Crippen molar-refractivity contribution in [1.82, 2.24) is 10.2 Å². The Morgan fingerprint density at radius 1 is 1.08 bits per heavy atom. The molecular weight excluding hydrogens is 319 g/mol. The molecule has 1 amide bonds. The summed E-state index contributed by atoms with van der Waals surface area (Å²) in [6, 6.07) is 16.0. The lowest BCUT2D eigenvalue weighted by Gasteiger charge is -2.31. The number of carbonyl (C=O) groups is 1. The zero-order chi connectivity index (χ0) is 17.5. The van der Waals surface area contributed by atoms with E-state index in [1.807, 2.05) is 30.3 Å². The minimum atomic E-state index is -0.293. The highest BCUT2D eigenvalue weighted by Gasteiger charge is 2.20. The van der Waals surface area contributed by atoms with Crippen LogP contribution in [0.15, 0.2) is 54.6 Å². The molecule has 0 spiro atoms. The van der Waals surface area contributed by atoms with Gasteiger partial charge in [-0.05, 0) is 23.3 Å². The lowest BCUT2D eigenvalue weighted by molar-refractivity contribution is -0.121. The molecule has 1 saturated heterocycles. The molecule has 4 nitrogen and oxygen atoms in total. The van der Waals surface area contributed by atoms with Crippen LogP contribution in [0.4, 0.5) is 4.39 Å². The quantitative estimate of drug-likeness (QED) is 0.877. The Balaban J connectivity index is 1.65. The molecule has 5 heteroatoms. The fourth-order valence-electron chi connectivity index (χ4n) is 2.99. The fourth-order valence-corrected chi connectivity index (χ4v) is 2.99. The molecule has 0 aliphatic carbocycles. The molecule has 1 fully saturated rings. The van der Waals surface area contributed by atoms with Gasteiger partial charge in [-0.25, -0.2) is 4.39 Å². The van der Waals surface area contributed by atoms with Crippen LogP contribution in [0.5, 0.6) is 0 Å². The number of hydrogen-bond donors (Lipinski definition) is 1. The normalized spacial score (nSPS) is 16.4. The molecule has 1 N–H and O–H groups in total. The highest BCUT2D eigenvalue weighted by Crippen LogP contribution is 2.16. The Labute approximate surface area is 147 Å². The number of morpholine rings is 1.